The van der Waals surface area contributed by atoms with Crippen LogP contribution in [0.25, 0.3) is 0 Å². The average Bonchev–Trinajstić information content (AvgIpc) is 2.48. The Morgan fingerprint density at radius 2 is 1.93 bits per heavy atom. The number of sulfonamides is 1. The van der Waals surface area contributed by atoms with Crippen LogP contribution in [0.1, 0.15) is 19.3 Å². The lowest BCUT2D eigenvalue weighted by atomic mass is 10.1. The van der Waals surface area contributed by atoms with Gasteiger partial charge in [0, 0.05) is 6.04 Å². The molecular formula is C7H13F3N2O2S. The highest BCUT2D eigenvalue weighted by atomic mass is 32.2. The van der Waals surface area contributed by atoms with Gasteiger partial charge in [-0.3, -0.25) is 0 Å². The van der Waals surface area contributed by atoms with E-state index in [9.17, 15) is 21.6 Å². The van der Waals surface area contributed by atoms with Gasteiger partial charge in [0.2, 0.25) is 0 Å². The minimum atomic E-state index is -5.24. The Bertz CT molecular complexity index is 315. The van der Waals surface area contributed by atoms with Crippen LogP contribution in [-0.2, 0) is 10.0 Å². The molecule has 1 aliphatic carbocycles. The molecule has 3 N–H and O–H groups in total. The predicted octanol–water partition coefficient (Wildman–Crippen LogP) is 0.553. The van der Waals surface area contributed by atoms with E-state index in [4.69, 9.17) is 5.73 Å². The van der Waals surface area contributed by atoms with Crippen LogP contribution < -0.4 is 10.5 Å². The maximum atomic E-state index is 12.0. The Hall–Kier alpha value is -0.340. The molecule has 8 heteroatoms. The van der Waals surface area contributed by atoms with Crippen molar-refractivity contribution in [2.24, 2.45) is 11.7 Å². The van der Waals surface area contributed by atoms with Crippen LogP contribution in [0.15, 0.2) is 0 Å². The lowest BCUT2D eigenvalue weighted by Crippen LogP contribution is -2.45. The largest absolute Gasteiger partial charge is 0.511 e. The van der Waals surface area contributed by atoms with Crippen molar-refractivity contribution in [3.05, 3.63) is 0 Å². The molecular weight excluding hydrogens is 233 g/mol. The third-order valence-corrected chi connectivity index (χ3v) is 3.80. The zero-order chi connectivity index (χ0) is 11.7. The second-order valence-electron chi connectivity index (χ2n) is 3.60. The van der Waals surface area contributed by atoms with E-state index < -0.39 is 21.6 Å². The van der Waals surface area contributed by atoms with Crippen LogP contribution in [0.5, 0.6) is 0 Å². The third-order valence-electron chi connectivity index (χ3n) is 2.57. The summed E-state index contributed by atoms with van der Waals surface area (Å²) in [7, 11) is -5.23. The zero-order valence-corrected chi connectivity index (χ0v) is 8.74. The van der Waals surface area contributed by atoms with Crippen molar-refractivity contribution in [1.82, 2.24) is 4.72 Å². The van der Waals surface area contributed by atoms with E-state index >= 15 is 0 Å². The SMILES string of the molecule is NCC1CCCC1NS(=O)(=O)C(F)(F)F. The molecule has 4 nitrogen and oxygen atoms in total. The van der Waals surface area contributed by atoms with Gasteiger partial charge in [0.05, 0.1) is 0 Å². The molecule has 1 aliphatic rings. The highest BCUT2D eigenvalue weighted by molar-refractivity contribution is 7.90. The number of alkyl halides is 3. The van der Waals surface area contributed by atoms with Gasteiger partial charge < -0.3 is 5.73 Å². The zero-order valence-electron chi connectivity index (χ0n) is 7.92. The lowest BCUT2D eigenvalue weighted by Gasteiger charge is -2.20. The molecule has 1 fully saturated rings. The van der Waals surface area contributed by atoms with Gasteiger partial charge >= 0.3 is 15.5 Å². The predicted molar refractivity (Wildman–Crippen MR) is 48.3 cm³/mol. The fourth-order valence-electron chi connectivity index (χ4n) is 1.74. The number of hydrogen-bond acceptors (Lipinski definition) is 3. The first kappa shape index (κ1) is 12.7. The average molecular weight is 246 g/mol. The van der Waals surface area contributed by atoms with Crippen molar-refractivity contribution in [3.8, 4) is 0 Å². The van der Waals surface area contributed by atoms with Crippen LogP contribution >= 0.6 is 0 Å². The molecule has 0 aromatic carbocycles. The molecule has 0 saturated heterocycles. The maximum Gasteiger partial charge on any atom is 0.511 e. The van der Waals surface area contributed by atoms with Gasteiger partial charge in [-0.25, -0.2) is 13.1 Å². The summed E-state index contributed by atoms with van der Waals surface area (Å²) in [4.78, 5) is 0. The lowest BCUT2D eigenvalue weighted by molar-refractivity contribution is -0.0452. The first-order valence-electron chi connectivity index (χ1n) is 4.56. The van der Waals surface area contributed by atoms with Crippen LogP contribution in [0, 0.1) is 5.92 Å². The number of nitrogens with two attached hydrogens (primary N) is 1. The number of nitrogens with one attached hydrogen (secondary N) is 1. The van der Waals surface area contributed by atoms with Crippen molar-refractivity contribution in [1.29, 1.82) is 0 Å². The minimum Gasteiger partial charge on any atom is -0.330 e. The fourth-order valence-corrected chi connectivity index (χ4v) is 2.58. The molecule has 1 saturated carbocycles. The molecule has 90 valence electrons. The second kappa shape index (κ2) is 4.26. The highest BCUT2D eigenvalue weighted by Gasteiger charge is 2.47. The third kappa shape index (κ3) is 2.82. The number of hydrogen-bond donors (Lipinski definition) is 2. The summed E-state index contributed by atoms with van der Waals surface area (Å²) in [5.74, 6) is -0.192. The summed E-state index contributed by atoms with van der Waals surface area (Å²) in [5, 5.41) is 0. The summed E-state index contributed by atoms with van der Waals surface area (Å²) < 4.78 is 59.4. The Kier molecular flexibility index (Phi) is 3.62. The molecule has 0 aliphatic heterocycles. The Balaban J connectivity index is 2.70. The Morgan fingerprint density at radius 1 is 1.33 bits per heavy atom. The Labute approximate surface area is 86.1 Å². The maximum absolute atomic E-state index is 12.0. The van der Waals surface area contributed by atoms with Gasteiger partial charge in [-0.2, -0.15) is 13.2 Å². The van der Waals surface area contributed by atoms with Gasteiger partial charge in [0.15, 0.2) is 0 Å². The molecule has 2 atom stereocenters. The van der Waals surface area contributed by atoms with E-state index in [0.717, 1.165) is 0 Å². The van der Waals surface area contributed by atoms with Crippen molar-refractivity contribution >= 4 is 10.0 Å². The van der Waals surface area contributed by atoms with Crippen LogP contribution in [0.2, 0.25) is 0 Å². The van der Waals surface area contributed by atoms with Gasteiger partial charge in [0.1, 0.15) is 0 Å². The first-order valence-corrected chi connectivity index (χ1v) is 6.05. The van der Waals surface area contributed by atoms with Crippen LogP contribution in [0.3, 0.4) is 0 Å². The fraction of sp³-hybridized carbons (Fsp3) is 1.00. The molecule has 1 rings (SSSR count). The van der Waals surface area contributed by atoms with E-state index in [1.807, 2.05) is 0 Å². The molecule has 0 aromatic heterocycles. The van der Waals surface area contributed by atoms with Crippen molar-refractivity contribution in [2.45, 2.75) is 30.8 Å². The standard InChI is InChI=1S/C7H13F3N2O2S/c8-7(9,10)15(13,14)12-6-3-1-2-5(6)4-11/h5-6,12H,1-4,11H2. The second-order valence-corrected chi connectivity index (χ2v) is 5.31. The molecule has 0 radical (unpaired) electrons. The molecule has 0 amide bonds. The highest BCUT2D eigenvalue weighted by Crippen LogP contribution is 2.28. The van der Waals surface area contributed by atoms with Gasteiger partial charge in [-0.05, 0) is 25.3 Å². The summed E-state index contributed by atoms with van der Waals surface area (Å²) in [5.41, 5.74) is 0.0947. The monoisotopic (exact) mass is 246 g/mol. The number of rotatable bonds is 3. The van der Waals surface area contributed by atoms with Crippen molar-refractivity contribution < 1.29 is 21.6 Å². The van der Waals surface area contributed by atoms with Gasteiger partial charge in [-0.15, -0.1) is 0 Å². The normalized spacial score (nSPS) is 28.3. The van der Waals surface area contributed by atoms with Crippen molar-refractivity contribution in [3.63, 3.8) is 0 Å². The molecule has 0 bridgehead atoms. The van der Waals surface area contributed by atoms with Crippen LogP contribution in [0.4, 0.5) is 13.2 Å². The summed E-state index contributed by atoms with van der Waals surface area (Å²) >= 11 is 0. The Morgan fingerprint density at radius 3 is 2.40 bits per heavy atom. The molecule has 0 spiro atoms. The number of halogens is 3. The molecule has 15 heavy (non-hydrogen) atoms. The molecule has 0 aromatic rings. The molecule has 2 unspecified atom stereocenters. The van der Waals surface area contributed by atoms with Crippen molar-refractivity contribution in [2.75, 3.05) is 6.54 Å². The van der Waals surface area contributed by atoms with Gasteiger partial charge in [-0.1, -0.05) is 6.42 Å². The van der Waals surface area contributed by atoms with E-state index in [2.05, 4.69) is 0 Å². The summed E-state index contributed by atoms with van der Waals surface area (Å²) in [6.45, 7) is 0.199. The minimum absolute atomic E-state index is 0.192. The van der Waals surface area contributed by atoms with Crippen LogP contribution in [-0.4, -0.2) is 26.5 Å². The molecule has 0 heterocycles. The van der Waals surface area contributed by atoms with E-state index in [0.29, 0.717) is 19.3 Å². The topological polar surface area (TPSA) is 72.2 Å². The van der Waals surface area contributed by atoms with E-state index in [1.54, 1.807) is 4.72 Å². The van der Waals surface area contributed by atoms with E-state index in [1.165, 1.54) is 0 Å². The van der Waals surface area contributed by atoms with Gasteiger partial charge in [0.25, 0.3) is 0 Å². The van der Waals surface area contributed by atoms with E-state index in [-0.39, 0.29) is 12.5 Å². The summed E-state index contributed by atoms with van der Waals surface area (Å²) in [6, 6.07) is -0.679. The smallest absolute Gasteiger partial charge is 0.330 e. The first-order chi connectivity index (χ1) is 6.78. The summed E-state index contributed by atoms with van der Waals surface area (Å²) in [6.07, 6.45) is 1.78. The quantitative estimate of drug-likeness (QED) is 0.764.